The van der Waals surface area contributed by atoms with Crippen molar-refractivity contribution in [3.05, 3.63) is 33.8 Å². The minimum atomic E-state index is -0.279. The van der Waals surface area contributed by atoms with E-state index in [-0.39, 0.29) is 11.6 Å². The van der Waals surface area contributed by atoms with Gasteiger partial charge in [-0.15, -0.1) is 0 Å². The van der Waals surface area contributed by atoms with Gasteiger partial charge in [0.15, 0.2) is 0 Å². The Morgan fingerprint density at radius 2 is 2.41 bits per heavy atom. The Morgan fingerprint density at radius 3 is 3.00 bits per heavy atom. The first-order valence-corrected chi connectivity index (χ1v) is 5.99. The number of carbonyl (C=O) groups is 1. The predicted molar refractivity (Wildman–Crippen MR) is 65.9 cm³/mol. The van der Waals surface area contributed by atoms with Crippen LogP contribution in [0.3, 0.4) is 0 Å². The third kappa shape index (κ3) is 3.07. The quantitative estimate of drug-likeness (QED) is 0.896. The number of hydrogen-bond acceptors (Lipinski definition) is 3. The summed E-state index contributed by atoms with van der Waals surface area (Å²) in [7, 11) is 0. The first-order chi connectivity index (χ1) is 8.16. The lowest BCUT2D eigenvalue weighted by Gasteiger charge is -2.03. The number of rotatable bonds is 4. The number of aromatic amines is 1. The highest BCUT2D eigenvalue weighted by Gasteiger charge is 2.11. The zero-order valence-electron chi connectivity index (χ0n) is 8.65. The number of H-pyrrole nitrogens is 1. The Balaban J connectivity index is 1.83. The van der Waals surface area contributed by atoms with Gasteiger partial charge in [0.2, 0.25) is 0 Å². The molecular weight excluding hydrogens is 309 g/mol. The summed E-state index contributed by atoms with van der Waals surface area (Å²) in [6.07, 6.45) is 4.91. The standard InChI is InChI=1S/C9H9BrClN5O/c10-6-3-14-16(5-6)2-1-12-9(17)8-7(11)4-13-15-8/h3-5H,1-2H2,(H,12,17)(H,13,15). The van der Waals surface area contributed by atoms with Gasteiger partial charge in [0, 0.05) is 12.7 Å². The zero-order chi connectivity index (χ0) is 12.3. The SMILES string of the molecule is O=C(NCCn1cc(Br)cn1)c1[nH]ncc1Cl. The van der Waals surface area contributed by atoms with Crippen LogP contribution in [0.4, 0.5) is 0 Å². The van der Waals surface area contributed by atoms with E-state index in [0.717, 1.165) is 4.47 Å². The van der Waals surface area contributed by atoms with Crippen LogP contribution in [0, 0.1) is 0 Å². The summed E-state index contributed by atoms with van der Waals surface area (Å²) < 4.78 is 2.62. The summed E-state index contributed by atoms with van der Waals surface area (Å²) in [4.78, 5) is 11.6. The molecule has 0 aliphatic rings. The Bertz CT molecular complexity index is 523. The molecule has 0 saturated carbocycles. The van der Waals surface area contributed by atoms with Gasteiger partial charge in [0.05, 0.1) is 28.4 Å². The summed E-state index contributed by atoms with van der Waals surface area (Å²) in [6.45, 7) is 1.05. The van der Waals surface area contributed by atoms with Crippen LogP contribution in [0.25, 0.3) is 0 Å². The number of nitrogens with one attached hydrogen (secondary N) is 2. The molecular formula is C9H9BrClN5O. The van der Waals surface area contributed by atoms with Crippen molar-refractivity contribution < 1.29 is 4.79 Å². The second-order valence-corrected chi connectivity index (χ2v) is 4.59. The highest BCUT2D eigenvalue weighted by molar-refractivity contribution is 9.10. The molecule has 0 fully saturated rings. The average molecular weight is 319 g/mol. The van der Waals surface area contributed by atoms with E-state index in [1.54, 1.807) is 10.9 Å². The van der Waals surface area contributed by atoms with Crippen LogP contribution in [0.1, 0.15) is 10.5 Å². The number of nitrogens with zero attached hydrogens (tertiary/aromatic N) is 3. The molecule has 0 aliphatic heterocycles. The van der Waals surface area contributed by atoms with Crippen LogP contribution in [0.15, 0.2) is 23.1 Å². The molecule has 6 nitrogen and oxygen atoms in total. The first kappa shape index (κ1) is 12.1. The Kier molecular flexibility index (Phi) is 3.80. The molecule has 0 aliphatic carbocycles. The van der Waals surface area contributed by atoms with E-state index in [4.69, 9.17) is 11.6 Å². The molecule has 0 atom stereocenters. The average Bonchev–Trinajstić information content (AvgIpc) is 2.87. The van der Waals surface area contributed by atoms with Crippen LogP contribution in [0.5, 0.6) is 0 Å². The van der Waals surface area contributed by atoms with Crippen molar-refractivity contribution >= 4 is 33.4 Å². The molecule has 0 spiro atoms. The molecule has 0 bridgehead atoms. The van der Waals surface area contributed by atoms with E-state index in [2.05, 4.69) is 36.5 Å². The maximum absolute atomic E-state index is 11.6. The molecule has 2 heterocycles. The van der Waals surface area contributed by atoms with E-state index in [1.807, 2.05) is 6.20 Å². The van der Waals surface area contributed by atoms with E-state index < -0.39 is 0 Å². The monoisotopic (exact) mass is 317 g/mol. The molecule has 1 amide bonds. The molecule has 2 aromatic rings. The maximum atomic E-state index is 11.6. The molecule has 0 radical (unpaired) electrons. The van der Waals surface area contributed by atoms with Crippen molar-refractivity contribution in [2.45, 2.75) is 6.54 Å². The van der Waals surface area contributed by atoms with Crippen LogP contribution in [0.2, 0.25) is 5.02 Å². The van der Waals surface area contributed by atoms with Gasteiger partial charge in [-0.1, -0.05) is 11.6 Å². The molecule has 90 valence electrons. The molecule has 2 N–H and O–H groups in total. The molecule has 0 aromatic carbocycles. The summed E-state index contributed by atoms with van der Waals surface area (Å²) in [6, 6.07) is 0. The highest BCUT2D eigenvalue weighted by atomic mass is 79.9. The van der Waals surface area contributed by atoms with Gasteiger partial charge in [-0.3, -0.25) is 14.6 Å². The Labute approximate surface area is 110 Å². The predicted octanol–water partition coefficient (Wildman–Crippen LogP) is 1.45. The van der Waals surface area contributed by atoms with E-state index in [9.17, 15) is 4.79 Å². The smallest absolute Gasteiger partial charge is 0.270 e. The van der Waals surface area contributed by atoms with Crippen LogP contribution < -0.4 is 5.32 Å². The van der Waals surface area contributed by atoms with Gasteiger partial charge in [0.25, 0.3) is 5.91 Å². The van der Waals surface area contributed by atoms with Crippen LogP contribution >= 0.6 is 27.5 Å². The van der Waals surface area contributed by atoms with Crippen molar-refractivity contribution in [1.82, 2.24) is 25.3 Å². The van der Waals surface area contributed by atoms with Gasteiger partial charge < -0.3 is 5.32 Å². The largest absolute Gasteiger partial charge is 0.349 e. The van der Waals surface area contributed by atoms with Crippen molar-refractivity contribution in [1.29, 1.82) is 0 Å². The Morgan fingerprint density at radius 1 is 1.59 bits per heavy atom. The minimum Gasteiger partial charge on any atom is -0.349 e. The number of hydrogen-bond donors (Lipinski definition) is 2. The van der Waals surface area contributed by atoms with Gasteiger partial charge in [-0.2, -0.15) is 10.2 Å². The normalized spacial score (nSPS) is 10.5. The molecule has 0 unspecified atom stereocenters. The first-order valence-electron chi connectivity index (χ1n) is 4.82. The van der Waals surface area contributed by atoms with Crippen molar-refractivity contribution in [3.8, 4) is 0 Å². The fraction of sp³-hybridized carbons (Fsp3) is 0.222. The van der Waals surface area contributed by atoms with Gasteiger partial charge in [0.1, 0.15) is 5.69 Å². The summed E-state index contributed by atoms with van der Waals surface area (Å²) in [5.74, 6) is -0.279. The second-order valence-electron chi connectivity index (χ2n) is 3.27. The minimum absolute atomic E-state index is 0.272. The van der Waals surface area contributed by atoms with Gasteiger partial charge >= 0.3 is 0 Å². The van der Waals surface area contributed by atoms with Crippen molar-refractivity contribution in [3.63, 3.8) is 0 Å². The number of halogens is 2. The zero-order valence-corrected chi connectivity index (χ0v) is 11.0. The fourth-order valence-electron chi connectivity index (χ4n) is 1.26. The van der Waals surface area contributed by atoms with E-state index >= 15 is 0 Å². The third-order valence-electron chi connectivity index (χ3n) is 2.05. The summed E-state index contributed by atoms with van der Waals surface area (Å²) in [5.41, 5.74) is 0.272. The van der Waals surface area contributed by atoms with Crippen LogP contribution in [-0.2, 0) is 6.54 Å². The van der Waals surface area contributed by atoms with Gasteiger partial charge in [-0.05, 0) is 15.9 Å². The summed E-state index contributed by atoms with van der Waals surface area (Å²) >= 11 is 9.05. The maximum Gasteiger partial charge on any atom is 0.270 e. The van der Waals surface area contributed by atoms with Crippen molar-refractivity contribution in [2.75, 3.05) is 6.54 Å². The van der Waals surface area contributed by atoms with E-state index in [0.29, 0.717) is 18.1 Å². The van der Waals surface area contributed by atoms with E-state index in [1.165, 1.54) is 6.20 Å². The lowest BCUT2D eigenvalue weighted by atomic mass is 10.4. The molecule has 2 aromatic heterocycles. The molecule has 17 heavy (non-hydrogen) atoms. The molecule has 2 rings (SSSR count). The summed E-state index contributed by atoms with van der Waals surface area (Å²) in [5, 5.41) is 13.3. The Hall–Kier alpha value is -1.34. The van der Waals surface area contributed by atoms with Gasteiger partial charge in [-0.25, -0.2) is 0 Å². The number of amides is 1. The van der Waals surface area contributed by atoms with Crippen molar-refractivity contribution in [2.24, 2.45) is 0 Å². The number of aromatic nitrogens is 4. The lowest BCUT2D eigenvalue weighted by molar-refractivity contribution is 0.0947. The lowest BCUT2D eigenvalue weighted by Crippen LogP contribution is -2.27. The molecule has 8 heteroatoms. The third-order valence-corrected chi connectivity index (χ3v) is 2.74. The fourth-order valence-corrected chi connectivity index (χ4v) is 1.77. The van der Waals surface area contributed by atoms with Crippen LogP contribution in [-0.4, -0.2) is 32.4 Å². The molecule has 0 saturated heterocycles. The highest BCUT2D eigenvalue weighted by Crippen LogP contribution is 2.10. The number of carbonyl (C=O) groups excluding carboxylic acids is 1. The topological polar surface area (TPSA) is 75.6 Å². The second kappa shape index (κ2) is 5.33.